The summed E-state index contributed by atoms with van der Waals surface area (Å²) in [5, 5.41) is 8.79. The van der Waals surface area contributed by atoms with Gasteiger partial charge in [0.05, 0.1) is 23.1 Å². The van der Waals surface area contributed by atoms with Gasteiger partial charge in [-0.1, -0.05) is 43.1 Å². The fraction of sp³-hybridized carbons (Fsp3) is 0.385. The third-order valence-corrected chi connectivity index (χ3v) is 3.32. The minimum absolute atomic E-state index is 0.419. The Bertz CT molecular complexity index is 551. The molecule has 6 heteroatoms. The average Bonchev–Trinajstić information content (AvgIpc) is 2.79. The first-order valence-electron chi connectivity index (χ1n) is 6.10. The molecule has 0 spiro atoms. The van der Waals surface area contributed by atoms with E-state index in [1.807, 2.05) is 12.1 Å². The smallest absolute Gasteiger partial charge is 0.164 e. The van der Waals surface area contributed by atoms with Crippen molar-refractivity contribution in [2.24, 2.45) is 0 Å². The largest absolute Gasteiger partial charge is 0.308 e. The van der Waals surface area contributed by atoms with Crippen LogP contribution in [0.5, 0.6) is 0 Å². The molecule has 1 heterocycles. The monoisotopic (exact) mass is 298 g/mol. The molecule has 1 aromatic carbocycles. The summed E-state index contributed by atoms with van der Waals surface area (Å²) in [7, 11) is 0. The fourth-order valence-corrected chi connectivity index (χ4v) is 1.93. The van der Waals surface area contributed by atoms with Crippen LogP contribution in [0.3, 0.4) is 0 Å². The Labute approximate surface area is 122 Å². The number of hydrogen-bond acceptors (Lipinski definition) is 3. The van der Waals surface area contributed by atoms with Gasteiger partial charge in [0, 0.05) is 6.04 Å². The van der Waals surface area contributed by atoms with Crippen LogP contribution < -0.4 is 5.32 Å². The first-order chi connectivity index (χ1) is 9.04. The van der Waals surface area contributed by atoms with E-state index in [9.17, 15) is 0 Å². The van der Waals surface area contributed by atoms with E-state index in [0.29, 0.717) is 29.2 Å². The van der Waals surface area contributed by atoms with E-state index in [1.54, 1.807) is 17.1 Å². The van der Waals surface area contributed by atoms with Crippen molar-refractivity contribution in [2.75, 3.05) is 0 Å². The molecule has 0 bridgehead atoms. The van der Waals surface area contributed by atoms with E-state index in [-0.39, 0.29) is 0 Å². The molecule has 0 aliphatic heterocycles. The van der Waals surface area contributed by atoms with Crippen molar-refractivity contribution in [2.45, 2.75) is 33.0 Å². The van der Waals surface area contributed by atoms with Gasteiger partial charge in [-0.15, -0.1) is 0 Å². The lowest BCUT2D eigenvalue weighted by Gasteiger charge is -2.05. The van der Waals surface area contributed by atoms with Gasteiger partial charge in [0.1, 0.15) is 6.33 Å². The molecular formula is C13H16Cl2N4. The zero-order valence-electron chi connectivity index (χ0n) is 10.9. The zero-order valence-corrected chi connectivity index (χ0v) is 12.4. The summed E-state index contributed by atoms with van der Waals surface area (Å²) in [4.78, 5) is 4.25. The Morgan fingerprint density at radius 2 is 2.05 bits per heavy atom. The summed E-state index contributed by atoms with van der Waals surface area (Å²) >= 11 is 11.9. The van der Waals surface area contributed by atoms with E-state index in [0.717, 1.165) is 11.4 Å². The van der Waals surface area contributed by atoms with Crippen molar-refractivity contribution >= 4 is 23.2 Å². The van der Waals surface area contributed by atoms with Crippen LogP contribution in [-0.2, 0) is 13.1 Å². The van der Waals surface area contributed by atoms with Crippen molar-refractivity contribution in [3.8, 4) is 0 Å². The van der Waals surface area contributed by atoms with Crippen LogP contribution in [0.2, 0.25) is 10.0 Å². The lowest BCUT2D eigenvalue weighted by molar-refractivity contribution is 0.565. The van der Waals surface area contributed by atoms with Crippen molar-refractivity contribution in [1.82, 2.24) is 20.1 Å². The minimum atomic E-state index is 0.419. The summed E-state index contributed by atoms with van der Waals surface area (Å²) in [6.07, 6.45) is 1.72. The van der Waals surface area contributed by atoms with E-state index in [2.05, 4.69) is 29.2 Å². The Kier molecular flexibility index (Phi) is 4.80. The van der Waals surface area contributed by atoms with Crippen LogP contribution in [0.15, 0.2) is 24.5 Å². The van der Waals surface area contributed by atoms with Crippen LogP contribution in [0, 0.1) is 0 Å². The summed E-state index contributed by atoms with van der Waals surface area (Å²) < 4.78 is 1.79. The Hall–Kier alpha value is -1.10. The number of aromatic nitrogens is 3. The average molecular weight is 299 g/mol. The highest BCUT2D eigenvalue weighted by molar-refractivity contribution is 6.42. The molecular weight excluding hydrogens is 283 g/mol. The lowest BCUT2D eigenvalue weighted by Crippen LogP contribution is -2.22. The topological polar surface area (TPSA) is 42.7 Å². The molecule has 0 saturated heterocycles. The maximum absolute atomic E-state index is 5.98. The van der Waals surface area contributed by atoms with Crippen molar-refractivity contribution in [1.29, 1.82) is 0 Å². The third kappa shape index (κ3) is 4.20. The third-order valence-electron chi connectivity index (χ3n) is 2.58. The molecule has 0 amide bonds. The van der Waals surface area contributed by atoms with Crippen LogP contribution in [0.1, 0.15) is 25.2 Å². The van der Waals surface area contributed by atoms with Gasteiger partial charge in [-0.05, 0) is 17.7 Å². The maximum Gasteiger partial charge on any atom is 0.164 e. The summed E-state index contributed by atoms with van der Waals surface area (Å²) in [5.74, 6) is 0.786. The molecule has 2 rings (SSSR count). The van der Waals surface area contributed by atoms with Gasteiger partial charge >= 0.3 is 0 Å². The number of hydrogen-bond donors (Lipinski definition) is 1. The molecule has 2 aromatic rings. The standard InChI is InChI=1S/C13H16Cl2N4/c1-9(2)16-6-13-17-8-19(18-13)7-10-3-4-11(14)12(15)5-10/h3-5,8-9,16H,6-7H2,1-2H3. The highest BCUT2D eigenvalue weighted by atomic mass is 35.5. The van der Waals surface area contributed by atoms with Crippen molar-refractivity contribution < 1.29 is 0 Å². The van der Waals surface area contributed by atoms with E-state index >= 15 is 0 Å². The van der Waals surface area contributed by atoms with E-state index in [1.165, 1.54) is 0 Å². The van der Waals surface area contributed by atoms with Crippen LogP contribution >= 0.6 is 23.2 Å². The van der Waals surface area contributed by atoms with Crippen LogP contribution in [0.4, 0.5) is 0 Å². The van der Waals surface area contributed by atoms with Crippen molar-refractivity contribution in [3.05, 3.63) is 46.0 Å². The molecule has 19 heavy (non-hydrogen) atoms. The number of rotatable bonds is 5. The molecule has 0 radical (unpaired) electrons. The van der Waals surface area contributed by atoms with Gasteiger partial charge in [0.15, 0.2) is 5.82 Å². The minimum Gasteiger partial charge on any atom is -0.308 e. The maximum atomic E-state index is 5.98. The van der Waals surface area contributed by atoms with E-state index < -0.39 is 0 Å². The number of halogens is 2. The molecule has 1 aromatic heterocycles. The molecule has 0 aliphatic rings. The van der Waals surface area contributed by atoms with Gasteiger partial charge in [-0.2, -0.15) is 5.10 Å². The SMILES string of the molecule is CC(C)NCc1ncn(Cc2ccc(Cl)c(Cl)c2)n1. The second kappa shape index (κ2) is 6.37. The quantitative estimate of drug-likeness (QED) is 0.922. The van der Waals surface area contributed by atoms with E-state index in [4.69, 9.17) is 23.2 Å². The molecule has 0 atom stereocenters. The molecule has 102 valence electrons. The highest BCUT2D eigenvalue weighted by Crippen LogP contribution is 2.22. The summed E-state index contributed by atoms with van der Waals surface area (Å²) in [5.41, 5.74) is 1.04. The first-order valence-corrected chi connectivity index (χ1v) is 6.86. The molecule has 0 saturated carbocycles. The Balaban J connectivity index is 2.01. The van der Waals surface area contributed by atoms with Gasteiger partial charge in [0.25, 0.3) is 0 Å². The molecule has 0 unspecified atom stereocenters. The first kappa shape index (κ1) is 14.3. The number of nitrogens with zero attached hydrogens (tertiary/aromatic N) is 3. The normalized spacial score (nSPS) is 11.2. The van der Waals surface area contributed by atoms with Gasteiger partial charge < -0.3 is 5.32 Å². The van der Waals surface area contributed by atoms with Gasteiger partial charge in [-0.3, -0.25) is 0 Å². The Morgan fingerprint density at radius 3 is 2.74 bits per heavy atom. The van der Waals surface area contributed by atoms with Crippen LogP contribution in [-0.4, -0.2) is 20.8 Å². The van der Waals surface area contributed by atoms with Crippen molar-refractivity contribution in [3.63, 3.8) is 0 Å². The second-order valence-corrected chi connectivity index (χ2v) is 5.46. The van der Waals surface area contributed by atoms with Gasteiger partial charge in [-0.25, -0.2) is 9.67 Å². The second-order valence-electron chi connectivity index (χ2n) is 4.64. The Morgan fingerprint density at radius 1 is 1.26 bits per heavy atom. The summed E-state index contributed by atoms with van der Waals surface area (Å²) in [6.45, 7) is 5.48. The fourth-order valence-electron chi connectivity index (χ4n) is 1.61. The number of nitrogens with one attached hydrogen (secondary N) is 1. The molecule has 1 N–H and O–H groups in total. The predicted octanol–water partition coefficient (Wildman–Crippen LogP) is 3.13. The lowest BCUT2D eigenvalue weighted by atomic mass is 10.2. The number of benzene rings is 1. The molecule has 0 fully saturated rings. The molecule has 4 nitrogen and oxygen atoms in total. The predicted molar refractivity (Wildman–Crippen MR) is 77.6 cm³/mol. The zero-order chi connectivity index (χ0) is 13.8. The molecule has 0 aliphatic carbocycles. The highest BCUT2D eigenvalue weighted by Gasteiger charge is 2.04. The van der Waals surface area contributed by atoms with Crippen LogP contribution in [0.25, 0.3) is 0 Å². The van der Waals surface area contributed by atoms with Gasteiger partial charge in [0.2, 0.25) is 0 Å². The summed E-state index contributed by atoms with van der Waals surface area (Å²) in [6, 6.07) is 5.98.